The zero-order valence-corrected chi connectivity index (χ0v) is 20.2. The molecule has 2 N–H and O–H groups in total. The maximum absolute atomic E-state index is 11.9. The summed E-state index contributed by atoms with van der Waals surface area (Å²) >= 11 is 0. The number of carbonyl (C=O) groups is 1. The quantitative estimate of drug-likeness (QED) is 0.255. The number of nitrogens with zero attached hydrogens (tertiary/aromatic N) is 3. The number of guanidine groups is 1. The molecule has 0 unspecified atom stereocenters. The van der Waals surface area contributed by atoms with E-state index >= 15 is 0 Å². The van der Waals surface area contributed by atoms with Crippen LogP contribution in [0.25, 0.3) is 0 Å². The Balaban J connectivity index is 0.00000420. The van der Waals surface area contributed by atoms with Gasteiger partial charge < -0.3 is 20.1 Å². The first kappa shape index (κ1) is 24.7. The lowest BCUT2D eigenvalue weighted by atomic mass is 10.1. The molecule has 0 fully saturated rings. The normalized spacial score (nSPS) is 10.9. The summed E-state index contributed by atoms with van der Waals surface area (Å²) in [5.41, 5.74) is 4.55. The van der Waals surface area contributed by atoms with Crippen molar-refractivity contribution >= 4 is 35.9 Å². The molecule has 8 nitrogen and oxygen atoms in total. The number of esters is 1. The van der Waals surface area contributed by atoms with Gasteiger partial charge in [0.15, 0.2) is 5.96 Å². The Labute approximate surface area is 189 Å². The van der Waals surface area contributed by atoms with Gasteiger partial charge in [-0.05, 0) is 38.5 Å². The SMILES string of the molecule is CCNC(=NCc1ccc(OC)c(C(=O)OC)c1)NCc1c(C)nn(C)c1C.I. The molecule has 0 bridgehead atoms. The Kier molecular flexibility index (Phi) is 9.93. The first-order valence-electron chi connectivity index (χ1n) is 9.17. The average Bonchev–Trinajstić information content (AvgIpc) is 2.94. The van der Waals surface area contributed by atoms with Gasteiger partial charge in [0, 0.05) is 31.4 Å². The number of hydrogen-bond donors (Lipinski definition) is 2. The zero-order valence-electron chi connectivity index (χ0n) is 17.8. The van der Waals surface area contributed by atoms with E-state index in [1.807, 2.05) is 38.6 Å². The fourth-order valence-corrected chi connectivity index (χ4v) is 2.88. The Bertz CT molecular complexity index is 864. The summed E-state index contributed by atoms with van der Waals surface area (Å²) in [5, 5.41) is 11.0. The largest absolute Gasteiger partial charge is 0.496 e. The van der Waals surface area contributed by atoms with Gasteiger partial charge in [-0.1, -0.05) is 6.07 Å². The van der Waals surface area contributed by atoms with Gasteiger partial charge in [-0.15, -0.1) is 24.0 Å². The molecule has 29 heavy (non-hydrogen) atoms. The lowest BCUT2D eigenvalue weighted by molar-refractivity contribution is 0.0597. The van der Waals surface area contributed by atoms with E-state index in [0.717, 1.165) is 29.1 Å². The number of benzene rings is 1. The predicted molar refractivity (Wildman–Crippen MR) is 124 cm³/mol. The van der Waals surface area contributed by atoms with Crippen molar-refractivity contribution < 1.29 is 14.3 Å². The van der Waals surface area contributed by atoms with Crippen molar-refractivity contribution in [3.05, 3.63) is 46.3 Å². The molecule has 1 aromatic heterocycles. The standard InChI is InChI=1S/C20H29N5O3.HI/c1-7-21-20(23-12-17-13(2)24-25(4)14(17)3)22-11-15-8-9-18(27-5)16(10-15)19(26)28-6;/h8-10H,7,11-12H2,1-6H3,(H2,21,22,23);1H. The van der Waals surface area contributed by atoms with Crippen molar-refractivity contribution in [2.24, 2.45) is 12.0 Å². The van der Waals surface area contributed by atoms with Gasteiger partial charge in [0.2, 0.25) is 0 Å². The minimum atomic E-state index is -0.435. The third-order valence-corrected chi connectivity index (χ3v) is 4.52. The fourth-order valence-electron chi connectivity index (χ4n) is 2.88. The predicted octanol–water partition coefficient (Wildman–Crippen LogP) is 2.71. The Morgan fingerprint density at radius 2 is 1.97 bits per heavy atom. The number of carbonyl (C=O) groups excluding carboxylic acids is 1. The number of methoxy groups -OCH3 is 2. The second kappa shape index (κ2) is 11.6. The van der Waals surface area contributed by atoms with Crippen LogP contribution >= 0.6 is 24.0 Å². The highest BCUT2D eigenvalue weighted by atomic mass is 127. The topological polar surface area (TPSA) is 89.8 Å². The molecule has 0 saturated carbocycles. The second-order valence-electron chi connectivity index (χ2n) is 6.35. The molecule has 0 radical (unpaired) electrons. The van der Waals surface area contributed by atoms with Crippen molar-refractivity contribution in [1.29, 1.82) is 0 Å². The molecule has 0 spiro atoms. The van der Waals surface area contributed by atoms with Gasteiger partial charge in [-0.3, -0.25) is 4.68 Å². The summed E-state index contributed by atoms with van der Waals surface area (Å²) in [4.78, 5) is 16.6. The van der Waals surface area contributed by atoms with Gasteiger partial charge in [-0.2, -0.15) is 5.10 Å². The molecule has 160 valence electrons. The van der Waals surface area contributed by atoms with Crippen LogP contribution in [0.5, 0.6) is 5.75 Å². The molecule has 0 saturated heterocycles. The lowest BCUT2D eigenvalue weighted by Gasteiger charge is -2.12. The summed E-state index contributed by atoms with van der Waals surface area (Å²) < 4.78 is 11.9. The van der Waals surface area contributed by atoms with Gasteiger partial charge in [-0.25, -0.2) is 9.79 Å². The summed E-state index contributed by atoms with van der Waals surface area (Å²) in [7, 11) is 4.81. The van der Waals surface area contributed by atoms with Crippen LogP contribution in [0, 0.1) is 13.8 Å². The van der Waals surface area contributed by atoms with Crippen LogP contribution in [0.4, 0.5) is 0 Å². The van der Waals surface area contributed by atoms with Crippen molar-refractivity contribution in [3.63, 3.8) is 0 Å². The maximum atomic E-state index is 11.9. The van der Waals surface area contributed by atoms with Crippen molar-refractivity contribution in [3.8, 4) is 5.75 Å². The molecular formula is C20H30IN5O3. The highest BCUT2D eigenvalue weighted by Gasteiger charge is 2.14. The minimum absolute atomic E-state index is 0. The first-order chi connectivity index (χ1) is 13.4. The third-order valence-electron chi connectivity index (χ3n) is 4.52. The van der Waals surface area contributed by atoms with Crippen LogP contribution < -0.4 is 15.4 Å². The number of nitrogens with one attached hydrogen (secondary N) is 2. The second-order valence-corrected chi connectivity index (χ2v) is 6.35. The highest BCUT2D eigenvalue weighted by Crippen LogP contribution is 2.21. The summed E-state index contributed by atoms with van der Waals surface area (Å²) in [6, 6.07) is 5.38. The van der Waals surface area contributed by atoms with E-state index in [4.69, 9.17) is 9.47 Å². The molecule has 2 aromatic rings. The van der Waals surface area contributed by atoms with Crippen LogP contribution in [0.1, 0.15) is 39.8 Å². The summed E-state index contributed by atoms with van der Waals surface area (Å²) in [6.45, 7) is 7.85. The minimum Gasteiger partial charge on any atom is -0.496 e. The van der Waals surface area contributed by atoms with E-state index in [2.05, 4.69) is 20.7 Å². The lowest BCUT2D eigenvalue weighted by Crippen LogP contribution is -2.37. The zero-order chi connectivity index (χ0) is 20.7. The molecule has 1 aromatic carbocycles. The maximum Gasteiger partial charge on any atom is 0.341 e. The molecule has 0 aliphatic carbocycles. The van der Waals surface area contributed by atoms with Crippen LogP contribution in [-0.4, -0.2) is 42.5 Å². The van der Waals surface area contributed by atoms with Crippen molar-refractivity contribution in [2.45, 2.75) is 33.9 Å². The molecule has 0 aliphatic heterocycles. The highest BCUT2D eigenvalue weighted by molar-refractivity contribution is 14.0. The number of rotatable bonds is 7. The number of hydrogen-bond acceptors (Lipinski definition) is 5. The summed E-state index contributed by atoms with van der Waals surface area (Å²) in [5.74, 6) is 0.739. The molecule has 0 atom stereocenters. The van der Waals surface area contributed by atoms with Gasteiger partial charge >= 0.3 is 5.97 Å². The van der Waals surface area contributed by atoms with E-state index in [1.54, 1.807) is 12.1 Å². The van der Waals surface area contributed by atoms with Gasteiger partial charge in [0.1, 0.15) is 11.3 Å². The number of aromatic nitrogens is 2. The van der Waals surface area contributed by atoms with Gasteiger partial charge in [0.05, 0.1) is 26.5 Å². The number of ether oxygens (including phenoxy) is 2. The Morgan fingerprint density at radius 1 is 1.24 bits per heavy atom. The smallest absolute Gasteiger partial charge is 0.341 e. The van der Waals surface area contributed by atoms with E-state index in [-0.39, 0.29) is 24.0 Å². The summed E-state index contributed by atoms with van der Waals surface area (Å²) in [6.07, 6.45) is 0. The number of aliphatic imine (C=N–C) groups is 1. The van der Waals surface area contributed by atoms with Crippen molar-refractivity contribution in [1.82, 2.24) is 20.4 Å². The van der Waals surface area contributed by atoms with Gasteiger partial charge in [0.25, 0.3) is 0 Å². The fraction of sp³-hybridized carbons (Fsp3) is 0.450. The third kappa shape index (κ3) is 6.34. The number of aryl methyl sites for hydroxylation is 2. The molecule has 9 heteroatoms. The molecule has 2 rings (SSSR count). The monoisotopic (exact) mass is 515 g/mol. The van der Waals surface area contributed by atoms with E-state index in [0.29, 0.717) is 30.4 Å². The molecule has 1 heterocycles. The molecule has 0 aliphatic rings. The molecular weight excluding hydrogens is 485 g/mol. The van der Waals surface area contributed by atoms with Crippen LogP contribution in [0.3, 0.4) is 0 Å². The Hall–Kier alpha value is -2.30. The van der Waals surface area contributed by atoms with E-state index in [1.165, 1.54) is 14.2 Å². The van der Waals surface area contributed by atoms with E-state index < -0.39 is 5.97 Å². The number of halogens is 1. The van der Waals surface area contributed by atoms with Crippen molar-refractivity contribution in [2.75, 3.05) is 20.8 Å². The van der Waals surface area contributed by atoms with Crippen LogP contribution in [0.2, 0.25) is 0 Å². The Morgan fingerprint density at radius 3 is 2.52 bits per heavy atom. The van der Waals surface area contributed by atoms with Crippen LogP contribution in [-0.2, 0) is 24.9 Å². The molecule has 0 amide bonds. The average molecular weight is 515 g/mol. The first-order valence-corrected chi connectivity index (χ1v) is 9.17. The van der Waals surface area contributed by atoms with E-state index in [9.17, 15) is 4.79 Å². The van der Waals surface area contributed by atoms with Crippen LogP contribution in [0.15, 0.2) is 23.2 Å².